The van der Waals surface area contributed by atoms with E-state index in [9.17, 15) is 0 Å². The van der Waals surface area contributed by atoms with Gasteiger partial charge in [-0.2, -0.15) is 0 Å². The standard InChI is InChI=1S/C14H12N6O2/c1-2-4-10-9(3-1)11-12(22-10)14(19-5-7-21-8-6-19)16-20-13(11)15-17-18-20/h1-4H,5-8H2. The lowest BCUT2D eigenvalue weighted by molar-refractivity contribution is 0.122. The molecule has 4 aromatic rings. The Morgan fingerprint density at radius 1 is 1.09 bits per heavy atom. The largest absolute Gasteiger partial charge is 0.452 e. The fourth-order valence-corrected chi connectivity index (χ4v) is 2.94. The SMILES string of the molecule is c1ccc2c(c1)oc1c(N3CCOCC3)nn3nnnc3c12. The Bertz CT molecular complexity index is 985. The molecule has 0 radical (unpaired) electrons. The van der Waals surface area contributed by atoms with Gasteiger partial charge in [0.05, 0.1) is 18.6 Å². The molecule has 1 saturated heterocycles. The van der Waals surface area contributed by atoms with Gasteiger partial charge in [-0.3, -0.25) is 0 Å². The van der Waals surface area contributed by atoms with E-state index in [2.05, 4.69) is 25.5 Å². The van der Waals surface area contributed by atoms with Crippen molar-refractivity contribution >= 4 is 33.4 Å². The Kier molecular flexibility index (Phi) is 2.36. The van der Waals surface area contributed by atoms with Gasteiger partial charge in [0.1, 0.15) is 5.58 Å². The summed E-state index contributed by atoms with van der Waals surface area (Å²) >= 11 is 0. The van der Waals surface area contributed by atoms with E-state index in [1.807, 2.05) is 24.3 Å². The summed E-state index contributed by atoms with van der Waals surface area (Å²) in [5.74, 6) is 0.759. The summed E-state index contributed by atoms with van der Waals surface area (Å²) in [5.41, 5.74) is 2.15. The molecule has 8 heteroatoms. The average Bonchev–Trinajstić information content (AvgIpc) is 3.18. The second-order valence-corrected chi connectivity index (χ2v) is 5.22. The Labute approximate surface area is 124 Å². The third-order valence-electron chi connectivity index (χ3n) is 3.98. The number of para-hydroxylation sites is 1. The molecular weight excluding hydrogens is 284 g/mol. The van der Waals surface area contributed by atoms with Crippen LogP contribution in [-0.2, 0) is 4.74 Å². The van der Waals surface area contributed by atoms with Crippen LogP contribution in [0.4, 0.5) is 5.82 Å². The Hall–Kier alpha value is -2.74. The van der Waals surface area contributed by atoms with Crippen LogP contribution >= 0.6 is 0 Å². The Balaban J connectivity index is 1.91. The number of rotatable bonds is 1. The van der Waals surface area contributed by atoms with Crippen LogP contribution in [0.15, 0.2) is 28.7 Å². The summed E-state index contributed by atoms with van der Waals surface area (Å²) in [6.45, 7) is 2.90. The van der Waals surface area contributed by atoms with Crippen LogP contribution in [0.25, 0.3) is 27.6 Å². The van der Waals surface area contributed by atoms with Crippen LogP contribution in [0, 0.1) is 0 Å². The van der Waals surface area contributed by atoms with Crippen LogP contribution in [0.5, 0.6) is 0 Å². The Morgan fingerprint density at radius 2 is 1.95 bits per heavy atom. The zero-order chi connectivity index (χ0) is 14.5. The van der Waals surface area contributed by atoms with Crippen molar-refractivity contribution in [2.75, 3.05) is 31.2 Å². The fourth-order valence-electron chi connectivity index (χ4n) is 2.94. The first-order valence-electron chi connectivity index (χ1n) is 7.14. The molecule has 110 valence electrons. The predicted octanol–water partition coefficient (Wildman–Crippen LogP) is 1.26. The number of nitrogens with zero attached hydrogens (tertiary/aromatic N) is 6. The minimum Gasteiger partial charge on any atom is -0.452 e. The van der Waals surface area contributed by atoms with Gasteiger partial charge < -0.3 is 14.1 Å². The third kappa shape index (κ3) is 1.55. The van der Waals surface area contributed by atoms with E-state index in [1.54, 1.807) is 0 Å². The molecule has 0 atom stereocenters. The van der Waals surface area contributed by atoms with Gasteiger partial charge in [-0.15, -0.1) is 14.8 Å². The fraction of sp³-hybridized carbons (Fsp3) is 0.286. The maximum absolute atomic E-state index is 6.06. The molecule has 4 heterocycles. The normalized spacial score (nSPS) is 16.1. The number of furan rings is 1. The monoisotopic (exact) mass is 296 g/mol. The van der Waals surface area contributed by atoms with Gasteiger partial charge in [0.15, 0.2) is 11.4 Å². The lowest BCUT2D eigenvalue weighted by Gasteiger charge is -2.27. The quantitative estimate of drug-likeness (QED) is 0.523. The predicted molar refractivity (Wildman–Crippen MR) is 78.9 cm³/mol. The van der Waals surface area contributed by atoms with Gasteiger partial charge in [-0.25, -0.2) is 0 Å². The molecule has 5 rings (SSSR count). The van der Waals surface area contributed by atoms with E-state index >= 15 is 0 Å². The molecule has 1 aliphatic rings. The number of morpholine rings is 1. The Morgan fingerprint density at radius 3 is 2.86 bits per heavy atom. The minimum atomic E-state index is 0.608. The molecule has 1 fully saturated rings. The molecule has 1 aliphatic heterocycles. The smallest absolute Gasteiger partial charge is 0.211 e. The lowest BCUT2D eigenvalue weighted by atomic mass is 10.2. The number of tetrazole rings is 1. The van der Waals surface area contributed by atoms with Crippen molar-refractivity contribution in [2.24, 2.45) is 0 Å². The van der Waals surface area contributed by atoms with Gasteiger partial charge >= 0.3 is 0 Å². The maximum Gasteiger partial charge on any atom is 0.211 e. The van der Waals surface area contributed by atoms with Crippen molar-refractivity contribution in [3.05, 3.63) is 24.3 Å². The maximum atomic E-state index is 6.06. The van der Waals surface area contributed by atoms with E-state index in [1.165, 1.54) is 4.63 Å². The first-order valence-corrected chi connectivity index (χ1v) is 7.14. The van der Waals surface area contributed by atoms with Crippen molar-refractivity contribution in [2.45, 2.75) is 0 Å². The molecule has 0 spiro atoms. The number of hydrogen-bond donors (Lipinski definition) is 0. The zero-order valence-corrected chi connectivity index (χ0v) is 11.6. The van der Waals surface area contributed by atoms with Crippen molar-refractivity contribution in [1.29, 1.82) is 0 Å². The zero-order valence-electron chi connectivity index (χ0n) is 11.6. The van der Waals surface area contributed by atoms with E-state index in [0.29, 0.717) is 18.9 Å². The van der Waals surface area contributed by atoms with E-state index in [0.717, 1.165) is 40.8 Å². The van der Waals surface area contributed by atoms with Crippen molar-refractivity contribution in [3.63, 3.8) is 0 Å². The summed E-state index contributed by atoms with van der Waals surface area (Å²) in [5, 5.41) is 18.2. The highest BCUT2D eigenvalue weighted by Crippen LogP contribution is 2.35. The molecule has 0 N–H and O–H groups in total. The first kappa shape index (κ1) is 11.9. The van der Waals surface area contributed by atoms with Gasteiger partial charge in [-0.05, 0) is 16.5 Å². The molecule has 0 bridgehead atoms. The van der Waals surface area contributed by atoms with Gasteiger partial charge in [0, 0.05) is 18.5 Å². The molecule has 8 nitrogen and oxygen atoms in total. The summed E-state index contributed by atoms with van der Waals surface area (Å²) in [7, 11) is 0. The van der Waals surface area contributed by atoms with E-state index in [-0.39, 0.29) is 0 Å². The first-order chi connectivity index (χ1) is 10.9. The molecule has 22 heavy (non-hydrogen) atoms. The second-order valence-electron chi connectivity index (χ2n) is 5.22. The molecule has 1 aromatic carbocycles. The molecular formula is C14H12N6O2. The highest BCUT2D eigenvalue weighted by molar-refractivity contribution is 6.14. The number of hydrogen-bond acceptors (Lipinski definition) is 7. The van der Waals surface area contributed by atoms with Gasteiger partial charge in [0.2, 0.25) is 5.65 Å². The second kappa shape index (κ2) is 4.38. The van der Waals surface area contributed by atoms with Crippen LogP contribution in [0.2, 0.25) is 0 Å². The summed E-state index contributed by atoms with van der Waals surface area (Å²) < 4.78 is 12.9. The third-order valence-corrected chi connectivity index (χ3v) is 3.98. The van der Waals surface area contributed by atoms with Crippen LogP contribution in [-0.4, -0.2) is 51.6 Å². The molecule has 0 unspecified atom stereocenters. The number of aromatic nitrogens is 5. The van der Waals surface area contributed by atoms with Crippen molar-refractivity contribution < 1.29 is 9.15 Å². The highest BCUT2D eigenvalue weighted by Gasteiger charge is 2.23. The topological polar surface area (TPSA) is 81.6 Å². The highest BCUT2D eigenvalue weighted by atomic mass is 16.5. The number of fused-ring (bicyclic) bond motifs is 5. The molecule has 0 saturated carbocycles. The number of benzene rings is 1. The minimum absolute atomic E-state index is 0.608. The van der Waals surface area contributed by atoms with Crippen LogP contribution < -0.4 is 4.90 Å². The lowest BCUT2D eigenvalue weighted by Crippen LogP contribution is -2.37. The average molecular weight is 296 g/mol. The molecule has 0 aliphatic carbocycles. The number of anilines is 1. The van der Waals surface area contributed by atoms with E-state index in [4.69, 9.17) is 9.15 Å². The molecule has 0 amide bonds. The summed E-state index contributed by atoms with van der Waals surface area (Å²) in [4.78, 5) is 2.15. The summed E-state index contributed by atoms with van der Waals surface area (Å²) in [6, 6.07) is 7.88. The number of ether oxygens (including phenoxy) is 1. The van der Waals surface area contributed by atoms with Gasteiger partial charge in [-0.1, -0.05) is 18.2 Å². The molecule has 3 aromatic heterocycles. The van der Waals surface area contributed by atoms with Crippen molar-refractivity contribution in [3.8, 4) is 0 Å². The van der Waals surface area contributed by atoms with Gasteiger partial charge in [0.25, 0.3) is 0 Å². The van der Waals surface area contributed by atoms with E-state index < -0.39 is 0 Å². The van der Waals surface area contributed by atoms with Crippen LogP contribution in [0.1, 0.15) is 0 Å². The summed E-state index contributed by atoms with van der Waals surface area (Å²) in [6.07, 6.45) is 0. The van der Waals surface area contributed by atoms with Crippen molar-refractivity contribution in [1.82, 2.24) is 25.3 Å². The van der Waals surface area contributed by atoms with Crippen LogP contribution in [0.3, 0.4) is 0 Å².